The lowest BCUT2D eigenvalue weighted by Gasteiger charge is -2.38. The predicted molar refractivity (Wildman–Crippen MR) is 129 cm³/mol. The minimum Gasteiger partial charge on any atom is -0.489 e. The first kappa shape index (κ1) is 23.5. The van der Waals surface area contributed by atoms with Crippen LogP contribution in [0.3, 0.4) is 0 Å². The molecule has 1 N–H and O–H groups in total. The fourth-order valence-electron chi connectivity index (χ4n) is 5.15. The summed E-state index contributed by atoms with van der Waals surface area (Å²) in [5.74, 6) is -0.258. The molecular formula is C27H31N3O5. The highest BCUT2D eigenvalue weighted by molar-refractivity contribution is 6.05. The minimum absolute atomic E-state index is 0.198. The molecule has 2 aromatic rings. The molecule has 3 heterocycles. The molecule has 5 rings (SSSR count). The maximum absolute atomic E-state index is 13.0. The largest absolute Gasteiger partial charge is 0.489 e. The minimum atomic E-state index is -0.634. The highest BCUT2D eigenvalue weighted by atomic mass is 16.5. The van der Waals surface area contributed by atoms with Gasteiger partial charge >= 0.3 is 0 Å². The molecule has 3 atom stereocenters. The van der Waals surface area contributed by atoms with E-state index in [1.165, 1.54) is 5.56 Å². The third-order valence-electron chi connectivity index (χ3n) is 7.17. The second kappa shape index (κ2) is 9.79. The number of hydrogen-bond donors (Lipinski definition) is 1. The Morgan fingerprint density at radius 3 is 2.43 bits per heavy atom. The van der Waals surface area contributed by atoms with Gasteiger partial charge in [0, 0.05) is 36.2 Å². The summed E-state index contributed by atoms with van der Waals surface area (Å²) < 4.78 is 11.8. The van der Waals surface area contributed by atoms with E-state index in [-0.39, 0.29) is 18.2 Å². The Labute approximate surface area is 205 Å². The van der Waals surface area contributed by atoms with Gasteiger partial charge in [0.1, 0.15) is 18.4 Å². The molecule has 2 aromatic carbocycles. The number of piperidine rings is 1. The highest BCUT2D eigenvalue weighted by Gasteiger charge is 2.40. The summed E-state index contributed by atoms with van der Waals surface area (Å²) in [6.45, 7) is 7.49. The molecule has 0 radical (unpaired) electrons. The summed E-state index contributed by atoms with van der Waals surface area (Å²) in [5.41, 5.74) is 3.63. The average molecular weight is 478 g/mol. The van der Waals surface area contributed by atoms with Crippen molar-refractivity contribution in [2.45, 2.75) is 64.5 Å². The smallest absolute Gasteiger partial charge is 0.255 e. The van der Waals surface area contributed by atoms with Gasteiger partial charge < -0.3 is 14.4 Å². The van der Waals surface area contributed by atoms with E-state index in [4.69, 9.17) is 9.47 Å². The SMILES string of the molecule is CC1COCC(C)N1Cc1ccc(COc2cccc3c2CN(C2CCC(=O)NC2=O)C3=O)cc1. The van der Waals surface area contributed by atoms with Crippen molar-refractivity contribution in [3.05, 3.63) is 64.7 Å². The third kappa shape index (κ3) is 4.81. The Balaban J connectivity index is 1.23. The molecule has 0 spiro atoms. The quantitative estimate of drug-likeness (QED) is 0.644. The molecule has 3 aliphatic rings. The van der Waals surface area contributed by atoms with Crippen molar-refractivity contribution in [2.75, 3.05) is 13.2 Å². The van der Waals surface area contributed by atoms with E-state index in [9.17, 15) is 14.4 Å². The highest BCUT2D eigenvalue weighted by Crippen LogP contribution is 2.34. The Hall–Kier alpha value is -3.23. The van der Waals surface area contributed by atoms with E-state index in [2.05, 4.69) is 48.3 Å². The van der Waals surface area contributed by atoms with Crippen LogP contribution < -0.4 is 10.1 Å². The number of carbonyl (C=O) groups is 3. The molecule has 3 amide bonds. The molecule has 8 nitrogen and oxygen atoms in total. The van der Waals surface area contributed by atoms with Crippen LogP contribution in [-0.4, -0.2) is 58.9 Å². The lowest BCUT2D eigenvalue weighted by atomic mass is 10.0. The normalized spacial score (nSPS) is 24.9. The number of nitrogens with zero attached hydrogens (tertiary/aromatic N) is 2. The van der Waals surface area contributed by atoms with Crippen LogP contribution >= 0.6 is 0 Å². The van der Waals surface area contributed by atoms with Gasteiger partial charge in [0.25, 0.3) is 5.91 Å². The summed E-state index contributed by atoms with van der Waals surface area (Å²) in [6.07, 6.45) is 0.578. The number of benzene rings is 2. The van der Waals surface area contributed by atoms with Crippen LogP contribution in [0.2, 0.25) is 0 Å². The topological polar surface area (TPSA) is 88.2 Å². The van der Waals surface area contributed by atoms with Gasteiger partial charge in [-0.1, -0.05) is 30.3 Å². The van der Waals surface area contributed by atoms with Gasteiger partial charge in [-0.15, -0.1) is 0 Å². The maximum atomic E-state index is 13.0. The fraction of sp³-hybridized carbons (Fsp3) is 0.444. The van der Waals surface area contributed by atoms with Crippen molar-refractivity contribution in [2.24, 2.45) is 0 Å². The van der Waals surface area contributed by atoms with Crippen molar-refractivity contribution in [1.29, 1.82) is 0 Å². The van der Waals surface area contributed by atoms with Gasteiger partial charge in [-0.2, -0.15) is 0 Å². The standard InChI is InChI=1S/C27H31N3O5/c1-17-14-34-15-18(2)29(17)12-19-6-8-20(9-7-19)16-35-24-5-3-4-21-22(24)13-30(27(21)33)23-10-11-25(31)28-26(23)32/h3-9,17-18,23H,10-16H2,1-2H3,(H,28,31,32). The van der Waals surface area contributed by atoms with Crippen LogP contribution in [0.4, 0.5) is 0 Å². The van der Waals surface area contributed by atoms with Crippen molar-refractivity contribution in [1.82, 2.24) is 15.1 Å². The van der Waals surface area contributed by atoms with Crippen LogP contribution in [0.15, 0.2) is 42.5 Å². The summed E-state index contributed by atoms with van der Waals surface area (Å²) in [4.78, 5) is 40.8. The zero-order valence-corrected chi connectivity index (χ0v) is 20.2. The zero-order valence-electron chi connectivity index (χ0n) is 20.2. The Morgan fingerprint density at radius 1 is 1.00 bits per heavy atom. The number of imide groups is 1. The number of hydrogen-bond acceptors (Lipinski definition) is 6. The molecule has 35 heavy (non-hydrogen) atoms. The zero-order chi connectivity index (χ0) is 24.5. The first-order chi connectivity index (χ1) is 16.9. The van der Waals surface area contributed by atoms with Crippen molar-refractivity contribution < 1.29 is 23.9 Å². The molecule has 184 valence electrons. The van der Waals surface area contributed by atoms with Gasteiger partial charge in [0.15, 0.2) is 0 Å². The van der Waals surface area contributed by atoms with Crippen LogP contribution in [-0.2, 0) is 34.0 Å². The number of morpholine rings is 1. The molecule has 2 saturated heterocycles. The number of nitrogens with one attached hydrogen (secondary N) is 1. The molecule has 3 unspecified atom stereocenters. The van der Waals surface area contributed by atoms with Crippen LogP contribution in [0.25, 0.3) is 0 Å². The second-order valence-corrected chi connectivity index (χ2v) is 9.70. The maximum Gasteiger partial charge on any atom is 0.255 e. The van der Waals surface area contributed by atoms with Gasteiger partial charge in [0.05, 0.1) is 19.8 Å². The number of carbonyl (C=O) groups excluding carboxylic acids is 3. The van der Waals surface area contributed by atoms with E-state index in [1.54, 1.807) is 17.0 Å². The van der Waals surface area contributed by atoms with E-state index in [0.29, 0.717) is 43.0 Å². The van der Waals surface area contributed by atoms with E-state index < -0.39 is 11.9 Å². The molecule has 0 bridgehead atoms. The summed E-state index contributed by atoms with van der Waals surface area (Å²) in [5, 5.41) is 2.34. The first-order valence-corrected chi connectivity index (χ1v) is 12.2. The van der Waals surface area contributed by atoms with Gasteiger partial charge in [0.2, 0.25) is 11.8 Å². The van der Waals surface area contributed by atoms with Crippen LogP contribution in [0.1, 0.15) is 53.7 Å². The number of ether oxygens (including phenoxy) is 2. The second-order valence-electron chi connectivity index (χ2n) is 9.70. The lowest BCUT2D eigenvalue weighted by molar-refractivity contribution is -0.136. The third-order valence-corrected chi connectivity index (χ3v) is 7.17. The van der Waals surface area contributed by atoms with Gasteiger partial charge in [-0.25, -0.2) is 0 Å². The lowest BCUT2D eigenvalue weighted by Crippen LogP contribution is -2.52. The number of fused-ring (bicyclic) bond motifs is 1. The Bertz CT molecular complexity index is 1120. The monoisotopic (exact) mass is 477 g/mol. The van der Waals surface area contributed by atoms with E-state index >= 15 is 0 Å². The molecule has 3 aliphatic heterocycles. The number of amides is 3. The van der Waals surface area contributed by atoms with Crippen LogP contribution in [0.5, 0.6) is 5.75 Å². The van der Waals surface area contributed by atoms with Crippen molar-refractivity contribution in [3.63, 3.8) is 0 Å². The summed E-state index contributed by atoms with van der Waals surface area (Å²) in [7, 11) is 0. The molecule has 0 saturated carbocycles. The predicted octanol–water partition coefficient (Wildman–Crippen LogP) is 2.64. The molecule has 0 aromatic heterocycles. The summed E-state index contributed by atoms with van der Waals surface area (Å²) >= 11 is 0. The Morgan fingerprint density at radius 2 is 1.71 bits per heavy atom. The molecule has 2 fully saturated rings. The van der Waals surface area contributed by atoms with Crippen molar-refractivity contribution >= 4 is 17.7 Å². The molecule has 0 aliphatic carbocycles. The van der Waals surface area contributed by atoms with E-state index in [0.717, 1.165) is 30.9 Å². The summed E-state index contributed by atoms with van der Waals surface area (Å²) in [6, 6.07) is 14.0. The molecule has 8 heteroatoms. The average Bonchev–Trinajstić information content (AvgIpc) is 3.18. The van der Waals surface area contributed by atoms with E-state index in [1.807, 2.05) is 6.07 Å². The fourth-order valence-corrected chi connectivity index (χ4v) is 5.15. The Kier molecular flexibility index (Phi) is 6.58. The van der Waals surface area contributed by atoms with Crippen LogP contribution in [0, 0.1) is 0 Å². The van der Waals surface area contributed by atoms with Gasteiger partial charge in [-0.3, -0.25) is 24.6 Å². The number of rotatable bonds is 6. The van der Waals surface area contributed by atoms with Gasteiger partial charge in [-0.05, 0) is 43.5 Å². The first-order valence-electron chi connectivity index (χ1n) is 12.2. The van der Waals surface area contributed by atoms with Crippen molar-refractivity contribution in [3.8, 4) is 5.75 Å². The molecular weight excluding hydrogens is 446 g/mol.